The lowest BCUT2D eigenvalue weighted by Gasteiger charge is -2.09. The fourth-order valence-corrected chi connectivity index (χ4v) is 1.82. The van der Waals surface area contributed by atoms with Crippen LogP contribution in [0.5, 0.6) is 11.5 Å². The molecule has 2 aromatic carbocycles. The van der Waals surface area contributed by atoms with Crippen LogP contribution in [0, 0.1) is 0 Å². The fourth-order valence-electron chi connectivity index (χ4n) is 1.82. The van der Waals surface area contributed by atoms with Crippen LogP contribution < -0.4 is 9.47 Å². The van der Waals surface area contributed by atoms with E-state index >= 15 is 0 Å². The summed E-state index contributed by atoms with van der Waals surface area (Å²) in [5, 5.41) is 0. The molecule has 0 bridgehead atoms. The van der Waals surface area contributed by atoms with Crippen molar-refractivity contribution >= 4 is 5.97 Å². The lowest BCUT2D eigenvalue weighted by atomic mass is 10.1. The number of hydrogen-bond donors (Lipinski definition) is 0. The summed E-state index contributed by atoms with van der Waals surface area (Å²) in [4.78, 5) is 11.8. The van der Waals surface area contributed by atoms with Gasteiger partial charge in [-0.25, -0.2) is 4.79 Å². The van der Waals surface area contributed by atoms with Crippen LogP contribution in [0.25, 0.3) is 0 Å². The second kappa shape index (κ2) is 8.64. The van der Waals surface area contributed by atoms with Crippen LogP contribution in [-0.2, 0) is 16.0 Å². The summed E-state index contributed by atoms with van der Waals surface area (Å²) in [5.74, 6) is 0.396. The van der Waals surface area contributed by atoms with Gasteiger partial charge in [0.25, 0.3) is 0 Å². The number of para-hydroxylation sites is 2. The number of rotatable bonds is 7. The highest BCUT2D eigenvalue weighted by Gasteiger charge is 2.07. The lowest BCUT2D eigenvalue weighted by molar-refractivity contribution is -0.129. The molecule has 0 aromatic heterocycles. The van der Waals surface area contributed by atoms with Crippen molar-refractivity contribution in [3.05, 3.63) is 72.3 Å². The van der Waals surface area contributed by atoms with Crippen LogP contribution >= 0.6 is 0 Å². The van der Waals surface area contributed by atoms with Crippen molar-refractivity contribution in [1.82, 2.24) is 0 Å². The Balaban J connectivity index is 1.91. The predicted molar refractivity (Wildman–Crippen MR) is 83.9 cm³/mol. The number of ether oxygens (including phenoxy) is 3. The third kappa shape index (κ3) is 5.07. The van der Waals surface area contributed by atoms with Gasteiger partial charge in [-0.1, -0.05) is 48.5 Å². The maximum atomic E-state index is 11.8. The van der Waals surface area contributed by atoms with Crippen molar-refractivity contribution in [2.45, 2.75) is 6.42 Å². The average Bonchev–Trinajstić information content (AvgIpc) is 2.55. The summed E-state index contributed by atoms with van der Waals surface area (Å²) in [7, 11) is 1.53. The standard InChI is InChI=1S/C18H18O4/c1-20-14-21-16-11-5-6-12-17(16)22-18(19)13-7-10-15-8-3-2-4-9-15/h2-9,11-13H,10,14H2,1H3/b13-7+. The molecule has 2 aromatic rings. The van der Waals surface area contributed by atoms with E-state index in [1.165, 1.54) is 13.2 Å². The molecule has 0 aliphatic rings. The van der Waals surface area contributed by atoms with Crippen molar-refractivity contribution in [3.63, 3.8) is 0 Å². The Morgan fingerprint density at radius 2 is 1.68 bits per heavy atom. The molecule has 0 saturated carbocycles. The van der Waals surface area contributed by atoms with Gasteiger partial charge in [0.2, 0.25) is 0 Å². The monoisotopic (exact) mass is 298 g/mol. The first kappa shape index (κ1) is 15.8. The number of benzene rings is 2. The van der Waals surface area contributed by atoms with Crippen LogP contribution in [0.1, 0.15) is 5.56 Å². The molecule has 2 rings (SSSR count). The minimum absolute atomic E-state index is 0.0956. The SMILES string of the molecule is COCOc1ccccc1OC(=O)/C=C/Cc1ccccc1. The van der Waals surface area contributed by atoms with Crippen LogP contribution in [-0.4, -0.2) is 19.9 Å². The Morgan fingerprint density at radius 1 is 1.00 bits per heavy atom. The van der Waals surface area contributed by atoms with Gasteiger partial charge >= 0.3 is 5.97 Å². The number of methoxy groups -OCH3 is 1. The minimum atomic E-state index is -0.440. The predicted octanol–water partition coefficient (Wildman–Crippen LogP) is 3.37. The summed E-state index contributed by atoms with van der Waals surface area (Å²) in [5.41, 5.74) is 1.13. The van der Waals surface area contributed by atoms with E-state index in [0.29, 0.717) is 17.9 Å². The van der Waals surface area contributed by atoms with Crippen LogP contribution in [0.15, 0.2) is 66.7 Å². The number of esters is 1. The van der Waals surface area contributed by atoms with Gasteiger partial charge in [-0.05, 0) is 24.1 Å². The van der Waals surface area contributed by atoms with Crippen molar-refractivity contribution < 1.29 is 19.0 Å². The molecule has 4 nitrogen and oxygen atoms in total. The van der Waals surface area contributed by atoms with E-state index in [2.05, 4.69) is 0 Å². The summed E-state index contributed by atoms with van der Waals surface area (Å²) >= 11 is 0. The molecule has 114 valence electrons. The normalized spacial score (nSPS) is 10.6. The maximum Gasteiger partial charge on any atom is 0.335 e. The molecule has 0 spiro atoms. The molecule has 0 heterocycles. The van der Waals surface area contributed by atoms with E-state index in [0.717, 1.165) is 5.56 Å². The van der Waals surface area contributed by atoms with Crippen molar-refractivity contribution in [2.24, 2.45) is 0 Å². The second-order valence-electron chi connectivity index (χ2n) is 4.51. The molecule has 0 N–H and O–H groups in total. The van der Waals surface area contributed by atoms with Gasteiger partial charge in [-0.3, -0.25) is 0 Å². The van der Waals surface area contributed by atoms with Crippen molar-refractivity contribution in [2.75, 3.05) is 13.9 Å². The Hall–Kier alpha value is -2.59. The van der Waals surface area contributed by atoms with Crippen molar-refractivity contribution in [3.8, 4) is 11.5 Å². The van der Waals surface area contributed by atoms with Gasteiger partial charge in [-0.15, -0.1) is 0 Å². The fraction of sp³-hybridized carbons (Fsp3) is 0.167. The molecule has 0 saturated heterocycles. The number of hydrogen-bond acceptors (Lipinski definition) is 4. The Labute approximate surface area is 129 Å². The highest BCUT2D eigenvalue weighted by Crippen LogP contribution is 2.26. The third-order valence-corrected chi connectivity index (χ3v) is 2.84. The molecular weight excluding hydrogens is 280 g/mol. The molecule has 0 aliphatic heterocycles. The van der Waals surface area contributed by atoms with E-state index in [-0.39, 0.29) is 6.79 Å². The van der Waals surface area contributed by atoms with E-state index < -0.39 is 5.97 Å². The van der Waals surface area contributed by atoms with Crippen molar-refractivity contribution in [1.29, 1.82) is 0 Å². The highest BCUT2D eigenvalue weighted by molar-refractivity contribution is 5.84. The summed E-state index contributed by atoms with van der Waals surface area (Å²) in [6.07, 6.45) is 3.87. The molecule has 4 heteroatoms. The molecule has 0 amide bonds. The number of carbonyl (C=O) groups excluding carboxylic acids is 1. The zero-order valence-corrected chi connectivity index (χ0v) is 12.4. The Kier molecular flexibility index (Phi) is 6.20. The Morgan fingerprint density at radius 3 is 2.41 bits per heavy atom. The summed E-state index contributed by atoms with van der Waals surface area (Å²) in [6, 6.07) is 16.9. The van der Waals surface area contributed by atoms with Crippen LogP contribution in [0.3, 0.4) is 0 Å². The molecule has 0 aliphatic carbocycles. The van der Waals surface area contributed by atoms with E-state index in [1.54, 1.807) is 30.3 Å². The molecule has 0 fully saturated rings. The quantitative estimate of drug-likeness (QED) is 0.340. The van der Waals surface area contributed by atoms with E-state index in [4.69, 9.17) is 14.2 Å². The minimum Gasteiger partial charge on any atom is -0.464 e. The van der Waals surface area contributed by atoms with Gasteiger partial charge in [0.1, 0.15) is 0 Å². The average molecular weight is 298 g/mol. The first-order valence-electron chi connectivity index (χ1n) is 6.92. The molecular formula is C18H18O4. The maximum absolute atomic E-state index is 11.8. The van der Waals surface area contributed by atoms with Gasteiger partial charge in [0.05, 0.1) is 0 Å². The first-order chi connectivity index (χ1) is 10.8. The van der Waals surface area contributed by atoms with Crippen LogP contribution in [0.4, 0.5) is 0 Å². The van der Waals surface area contributed by atoms with Gasteiger partial charge in [0, 0.05) is 13.2 Å². The topological polar surface area (TPSA) is 44.8 Å². The van der Waals surface area contributed by atoms with E-state index in [1.807, 2.05) is 30.3 Å². The largest absolute Gasteiger partial charge is 0.464 e. The zero-order valence-electron chi connectivity index (χ0n) is 12.4. The van der Waals surface area contributed by atoms with Gasteiger partial charge in [0.15, 0.2) is 18.3 Å². The third-order valence-electron chi connectivity index (χ3n) is 2.84. The van der Waals surface area contributed by atoms with Gasteiger partial charge < -0.3 is 14.2 Å². The lowest BCUT2D eigenvalue weighted by Crippen LogP contribution is -2.07. The zero-order chi connectivity index (χ0) is 15.6. The molecule has 0 radical (unpaired) electrons. The first-order valence-corrected chi connectivity index (χ1v) is 6.92. The smallest absolute Gasteiger partial charge is 0.335 e. The Bertz CT molecular complexity index is 620. The number of carbonyl (C=O) groups is 1. The van der Waals surface area contributed by atoms with E-state index in [9.17, 15) is 4.79 Å². The number of allylic oxidation sites excluding steroid dienone is 1. The molecule has 22 heavy (non-hydrogen) atoms. The molecule has 0 atom stereocenters. The summed E-state index contributed by atoms with van der Waals surface area (Å²) in [6.45, 7) is 0.0956. The summed E-state index contributed by atoms with van der Waals surface area (Å²) < 4.78 is 15.5. The van der Waals surface area contributed by atoms with Gasteiger partial charge in [-0.2, -0.15) is 0 Å². The van der Waals surface area contributed by atoms with Crippen LogP contribution in [0.2, 0.25) is 0 Å². The molecule has 0 unspecified atom stereocenters. The second-order valence-corrected chi connectivity index (χ2v) is 4.51. The highest BCUT2D eigenvalue weighted by atomic mass is 16.7.